The molecule has 0 aliphatic carbocycles. The average Bonchev–Trinajstić information content (AvgIpc) is 2.71. The molecule has 0 fully saturated rings. The molecular weight excluding hydrogens is 280 g/mol. The van der Waals surface area contributed by atoms with Gasteiger partial charge in [0.15, 0.2) is 0 Å². The van der Waals surface area contributed by atoms with E-state index in [1.54, 1.807) is 0 Å². The first-order valence-corrected chi connectivity index (χ1v) is 7.92. The van der Waals surface area contributed by atoms with Crippen molar-refractivity contribution in [3.05, 3.63) is 70.2 Å². The first-order chi connectivity index (χ1) is 10.2. The van der Waals surface area contributed by atoms with E-state index in [1.807, 2.05) is 12.1 Å². The van der Waals surface area contributed by atoms with Gasteiger partial charge in [0.25, 0.3) is 0 Å². The standard InChI is InChI=1S/C18H21ClN2/c1-13(14-6-8-16(19)9-7-14)21-18-10-11-20-12-15-4-2-3-5-17(15)18/h2-9,13,18,20-21H,10-12H2,1H3/t13-,18?/m0/s1. The molecule has 2 aromatic carbocycles. The number of hydrogen-bond donors (Lipinski definition) is 2. The number of nitrogens with one attached hydrogen (secondary N) is 2. The van der Waals surface area contributed by atoms with E-state index < -0.39 is 0 Å². The number of hydrogen-bond acceptors (Lipinski definition) is 2. The average molecular weight is 301 g/mol. The lowest BCUT2D eigenvalue weighted by Gasteiger charge is -2.24. The van der Waals surface area contributed by atoms with Crippen LogP contribution in [-0.2, 0) is 6.54 Å². The van der Waals surface area contributed by atoms with E-state index in [4.69, 9.17) is 11.6 Å². The number of fused-ring (bicyclic) bond motifs is 1. The highest BCUT2D eigenvalue weighted by atomic mass is 35.5. The molecule has 0 amide bonds. The summed E-state index contributed by atoms with van der Waals surface area (Å²) in [5, 5.41) is 8.05. The largest absolute Gasteiger partial charge is 0.313 e. The predicted octanol–water partition coefficient (Wildman–Crippen LogP) is 4.23. The molecule has 1 aliphatic rings. The highest BCUT2D eigenvalue weighted by Gasteiger charge is 2.20. The van der Waals surface area contributed by atoms with Crippen LogP contribution in [0.5, 0.6) is 0 Å². The third-order valence-corrected chi connectivity index (χ3v) is 4.43. The Kier molecular flexibility index (Phi) is 4.59. The van der Waals surface area contributed by atoms with Gasteiger partial charge < -0.3 is 10.6 Å². The summed E-state index contributed by atoms with van der Waals surface area (Å²) in [5.41, 5.74) is 4.09. The maximum absolute atomic E-state index is 5.97. The van der Waals surface area contributed by atoms with Gasteiger partial charge in [-0.1, -0.05) is 48.0 Å². The van der Waals surface area contributed by atoms with Gasteiger partial charge in [-0.15, -0.1) is 0 Å². The third-order valence-electron chi connectivity index (χ3n) is 4.18. The van der Waals surface area contributed by atoms with E-state index in [2.05, 4.69) is 54.0 Å². The van der Waals surface area contributed by atoms with Crippen molar-refractivity contribution >= 4 is 11.6 Å². The smallest absolute Gasteiger partial charge is 0.0406 e. The first-order valence-electron chi connectivity index (χ1n) is 7.54. The summed E-state index contributed by atoms with van der Waals surface area (Å²) >= 11 is 5.97. The summed E-state index contributed by atoms with van der Waals surface area (Å²) < 4.78 is 0. The van der Waals surface area contributed by atoms with Gasteiger partial charge in [0.1, 0.15) is 0 Å². The van der Waals surface area contributed by atoms with Gasteiger partial charge in [0, 0.05) is 23.7 Å². The van der Waals surface area contributed by atoms with Crippen LogP contribution >= 0.6 is 11.6 Å². The van der Waals surface area contributed by atoms with Crippen molar-refractivity contribution in [3.63, 3.8) is 0 Å². The topological polar surface area (TPSA) is 24.1 Å². The molecule has 1 heterocycles. The molecule has 0 bridgehead atoms. The maximum Gasteiger partial charge on any atom is 0.0406 e. The van der Waals surface area contributed by atoms with Crippen molar-refractivity contribution < 1.29 is 0 Å². The van der Waals surface area contributed by atoms with Gasteiger partial charge in [-0.25, -0.2) is 0 Å². The zero-order chi connectivity index (χ0) is 14.7. The first kappa shape index (κ1) is 14.6. The molecule has 1 unspecified atom stereocenters. The van der Waals surface area contributed by atoms with Crippen molar-refractivity contribution in [1.29, 1.82) is 0 Å². The van der Waals surface area contributed by atoms with Crippen molar-refractivity contribution in [3.8, 4) is 0 Å². The summed E-state index contributed by atoms with van der Waals surface area (Å²) in [4.78, 5) is 0. The quantitative estimate of drug-likeness (QED) is 0.886. The summed E-state index contributed by atoms with van der Waals surface area (Å²) in [6.07, 6.45) is 1.11. The minimum Gasteiger partial charge on any atom is -0.313 e. The normalized spacial score (nSPS) is 19.6. The van der Waals surface area contributed by atoms with Crippen molar-refractivity contribution in [2.24, 2.45) is 0 Å². The van der Waals surface area contributed by atoms with Gasteiger partial charge in [-0.2, -0.15) is 0 Å². The van der Waals surface area contributed by atoms with Crippen LogP contribution in [0.25, 0.3) is 0 Å². The molecule has 2 N–H and O–H groups in total. The molecule has 0 spiro atoms. The fourth-order valence-electron chi connectivity index (χ4n) is 2.98. The van der Waals surface area contributed by atoms with Gasteiger partial charge in [-0.05, 0) is 48.7 Å². The fraction of sp³-hybridized carbons (Fsp3) is 0.333. The zero-order valence-electron chi connectivity index (χ0n) is 12.3. The van der Waals surface area contributed by atoms with Crippen LogP contribution in [0.2, 0.25) is 5.02 Å². The third kappa shape index (κ3) is 3.46. The summed E-state index contributed by atoms with van der Waals surface area (Å²) in [6, 6.07) is 17.5. The molecule has 0 saturated heterocycles. The van der Waals surface area contributed by atoms with Gasteiger partial charge in [-0.3, -0.25) is 0 Å². The Morgan fingerprint density at radius 3 is 2.71 bits per heavy atom. The lowest BCUT2D eigenvalue weighted by Crippen LogP contribution is -2.26. The van der Waals surface area contributed by atoms with Gasteiger partial charge >= 0.3 is 0 Å². The van der Waals surface area contributed by atoms with Crippen molar-refractivity contribution in [1.82, 2.24) is 10.6 Å². The predicted molar refractivity (Wildman–Crippen MR) is 88.5 cm³/mol. The molecule has 2 atom stereocenters. The second-order valence-electron chi connectivity index (χ2n) is 5.66. The van der Waals surface area contributed by atoms with Crippen LogP contribution in [-0.4, -0.2) is 6.54 Å². The minimum absolute atomic E-state index is 0.304. The summed E-state index contributed by atoms with van der Waals surface area (Å²) in [7, 11) is 0. The molecule has 1 aliphatic heterocycles. The Morgan fingerprint density at radius 2 is 1.90 bits per heavy atom. The summed E-state index contributed by atoms with van der Waals surface area (Å²) in [6.45, 7) is 4.22. The Hall–Kier alpha value is -1.35. The lowest BCUT2D eigenvalue weighted by molar-refractivity contribution is 0.443. The van der Waals surface area contributed by atoms with E-state index in [1.165, 1.54) is 16.7 Å². The summed E-state index contributed by atoms with van der Waals surface area (Å²) in [5.74, 6) is 0. The Balaban J connectivity index is 1.79. The monoisotopic (exact) mass is 300 g/mol. The molecule has 110 valence electrons. The second kappa shape index (κ2) is 6.61. The Morgan fingerprint density at radius 1 is 1.14 bits per heavy atom. The van der Waals surface area contributed by atoms with Crippen LogP contribution in [0, 0.1) is 0 Å². The molecule has 2 nitrogen and oxygen atoms in total. The van der Waals surface area contributed by atoms with Crippen LogP contribution in [0.1, 0.15) is 42.1 Å². The van der Waals surface area contributed by atoms with Crippen LogP contribution in [0.15, 0.2) is 48.5 Å². The van der Waals surface area contributed by atoms with E-state index >= 15 is 0 Å². The number of halogens is 1. The molecule has 0 aromatic heterocycles. The van der Waals surface area contributed by atoms with Crippen LogP contribution < -0.4 is 10.6 Å². The van der Waals surface area contributed by atoms with Crippen molar-refractivity contribution in [2.45, 2.75) is 32.0 Å². The Bertz CT molecular complexity index is 594. The highest BCUT2D eigenvalue weighted by Crippen LogP contribution is 2.27. The fourth-order valence-corrected chi connectivity index (χ4v) is 3.11. The Labute approximate surface area is 131 Å². The highest BCUT2D eigenvalue weighted by molar-refractivity contribution is 6.30. The zero-order valence-corrected chi connectivity index (χ0v) is 13.0. The van der Waals surface area contributed by atoms with Gasteiger partial charge in [0.2, 0.25) is 0 Å². The van der Waals surface area contributed by atoms with Crippen molar-refractivity contribution in [2.75, 3.05) is 6.54 Å². The van der Waals surface area contributed by atoms with Crippen LogP contribution in [0.3, 0.4) is 0 Å². The van der Waals surface area contributed by atoms with E-state index in [-0.39, 0.29) is 0 Å². The molecule has 0 saturated carbocycles. The van der Waals surface area contributed by atoms with E-state index in [0.29, 0.717) is 12.1 Å². The number of benzene rings is 2. The molecule has 3 heteroatoms. The SMILES string of the molecule is C[C@H](NC1CCNCc2ccccc21)c1ccc(Cl)cc1. The maximum atomic E-state index is 5.97. The minimum atomic E-state index is 0.304. The molecule has 3 rings (SSSR count). The molecular formula is C18H21ClN2. The molecule has 21 heavy (non-hydrogen) atoms. The van der Waals surface area contributed by atoms with E-state index in [0.717, 1.165) is 24.5 Å². The lowest BCUT2D eigenvalue weighted by atomic mass is 9.97. The van der Waals surface area contributed by atoms with Gasteiger partial charge in [0.05, 0.1) is 0 Å². The second-order valence-corrected chi connectivity index (χ2v) is 6.09. The molecule has 0 radical (unpaired) electrons. The molecule has 2 aromatic rings. The number of rotatable bonds is 3. The van der Waals surface area contributed by atoms with Crippen LogP contribution in [0.4, 0.5) is 0 Å². The van der Waals surface area contributed by atoms with E-state index in [9.17, 15) is 0 Å².